The lowest BCUT2D eigenvalue weighted by Crippen LogP contribution is -2.48. The average Bonchev–Trinajstić information content (AvgIpc) is 3.24. The van der Waals surface area contributed by atoms with E-state index >= 15 is 0 Å². The van der Waals surface area contributed by atoms with Crippen LogP contribution >= 0.6 is 11.3 Å². The molecular formula is C26H28FN3O3S. The van der Waals surface area contributed by atoms with E-state index in [4.69, 9.17) is 4.74 Å². The smallest absolute Gasteiger partial charge is 0.350 e. The first-order valence-electron chi connectivity index (χ1n) is 11.3. The molecule has 34 heavy (non-hydrogen) atoms. The topological polar surface area (TPSA) is 61.9 Å². The van der Waals surface area contributed by atoms with Crippen LogP contribution in [0.4, 0.5) is 15.8 Å². The monoisotopic (exact) mass is 481 g/mol. The molecule has 0 spiro atoms. The van der Waals surface area contributed by atoms with Crippen LogP contribution in [0.3, 0.4) is 0 Å². The Morgan fingerprint density at radius 2 is 1.76 bits per heavy atom. The number of hydrogen-bond acceptors (Lipinski definition) is 6. The van der Waals surface area contributed by atoms with Gasteiger partial charge in [-0.05, 0) is 49.2 Å². The molecule has 0 radical (unpaired) electrons. The Morgan fingerprint density at radius 3 is 2.44 bits per heavy atom. The molecule has 1 aliphatic heterocycles. The number of piperazine rings is 1. The number of anilines is 2. The van der Waals surface area contributed by atoms with Gasteiger partial charge in [-0.1, -0.05) is 30.3 Å². The van der Waals surface area contributed by atoms with Crippen molar-refractivity contribution >= 4 is 34.6 Å². The number of carbonyl (C=O) groups is 2. The van der Waals surface area contributed by atoms with Crippen molar-refractivity contribution in [2.45, 2.75) is 13.8 Å². The fourth-order valence-electron chi connectivity index (χ4n) is 4.05. The first kappa shape index (κ1) is 23.9. The SMILES string of the molecule is CCOC(=O)c1sc(-c2ccc(F)cc2)cc1NC(=O)CN1CCN(c2ccccc2C)CC1. The number of nitrogens with one attached hydrogen (secondary N) is 1. The summed E-state index contributed by atoms with van der Waals surface area (Å²) in [7, 11) is 0. The van der Waals surface area contributed by atoms with Gasteiger partial charge in [-0.25, -0.2) is 9.18 Å². The second kappa shape index (κ2) is 10.8. The molecule has 6 nitrogen and oxygen atoms in total. The number of benzene rings is 2. The highest BCUT2D eigenvalue weighted by atomic mass is 32.1. The Morgan fingerprint density at radius 1 is 1.06 bits per heavy atom. The van der Waals surface area contributed by atoms with E-state index in [-0.39, 0.29) is 24.9 Å². The summed E-state index contributed by atoms with van der Waals surface area (Å²) in [6.45, 7) is 7.57. The highest BCUT2D eigenvalue weighted by Crippen LogP contribution is 2.35. The van der Waals surface area contributed by atoms with E-state index in [9.17, 15) is 14.0 Å². The number of esters is 1. The molecule has 1 saturated heterocycles. The highest BCUT2D eigenvalue weighted by molar-refractivity contribution is 7.18. The number of hydrogen-bond donors (Lipinski definition) is 1. The van der Waals surface area contributed by atoms with Crippen LogP contribution in [0.1, 0.15) is 22.2 Å². The predicted octanol–water partition coefficient (Wildman–Crippen LogP) is 4.80. The Balaban J connectivity index is 1.41. The van der Waals surface area contributed by atoms with Crippen molar-refractivity contribution in [1.82, 2.24) is 4.90 Å². The van der Waals surface area contributed by atoms with Gasteiger partial charge in [0.05, 0.1) is 18.8 Å². The number of thiophene rings is 1. The maximum atomic E-state index is 13.3. The molecule has 3 aromatic rings. The van der Waals surface area contributed by atoms with Gasteiger partial charge in [-0.3, -0.25) is 9.69 Å². The summed E-state index contributed by atoms with van der Waals surface area (Å²) in [6.07, 6.45) is 0. The van der Waals surface area contributed by atoms with Gasteiger partial charge < -0.3 is 15.0 Å². The minimum absolute atomic E-state index is 0.182. The predicted molar refractivity (Wildman–Crippen MR) is 134 cm³/mol. The van der Waals surface area contributed by atoms with Crippen molar-refractivity contribution < 1.29 is 18.7 Å². The van der Waals surface area contributed by atoms with Crippen LogP contribution in [0.2, 0.25) is 0 Å². The third-order valence-corrected chi connectivity index (χ3v) is 6.96. The van der Waals surface area contributed by atoms with E-state index in [2.05, 4.69) is 34.2 Å². The first-order chi connectivity index (χ1) is 16.4. The Kier molecular flexibility index (Phi) is 7.59. The largest absolute Gasteiger partial charge is 0.462 e. The number of nitrogens with zero attached hydrogens (tertiary/aromatic N) is 2. The molecule has 0 bridgehead atoms. The molecule has 0 saturated carbocycles. The number of halogens is 1. The standard InChI is InChI=1S/C26H28FN3O3S/c1-3-33-26(32)25-21(16-23(34-25)19-8-10-20(27)11-9-19)28-24(31)17-29-12-14-30(15-13-29)22-7-5-4-6-18(22)2/h4-11,16H,3,12-15,17H2,1-2H3,(H,28,31). The Labute approximate surface area is 203 Å². The van der Waals surface area contributed by atoms with Crippen molar-refractivity contribution in [2.75, 3.05) is 49.5 Å². The zero-order valence-corrected chi connectivity index (χ0v) is 20.2. The van der Waals surface area contributed by atoms with Gasteiger partial charge in [-0.15, -0.1) is 11.3 Å². The van der Waals surface area contributed by atoms with Crippen LogP contribution in [0.5, 0.6) is 0 Å². The van der Waals surface area contributed by atoms with Gasteiger partial charge in [0.25, 0.3) is 0 Å². The van der Waals surface area contributed by atoms with E-state index in [1.165, 1.54) is 34.7 Å². The van der Waals surface area contributed by atoms with Crippen molar-refractivity contribution in [3.05, 3.63) is 70.9 Å². The minimum atomic E-state index is -0.483. The lowest BCUT2D eigenvalue weighted by atomic mass is 10.1. The summed E-state index contributed by atoms with van der Waals surface area (Å²) in [4.78, 5) is 30.9. The van der Waals surface area contributed by atoms with E-state index < -0.39 is 5.97 Å². The van der Waals surface area contributed by atoms with Crippen LogP contribution in [0.15, 0.2) is 54.6 Å². The molecule has 4 rings (SSSR count). The molecule has 1 amide bonds. The van der Waals surface area contributed by atoms with E-state index in [0.29, 0.717) is 10.6 Å². The van der Waals surface area contributed by atoms with Crippen LogP contribution < -0.4 is 10.2 Å². The van der Waals surface area contributed by atoms with E-state index in [1.54, 1.807) is 25.1 Å². The number of ether oxygens (including phenoxy) is 1. The second-order valence-electron chi connectivity index (χ2n) is 8.18. The van der Waals surface area contributed by atoms with E-state index in [1.807, 2.05) is 12.1 Å². The average molecular weight is 482 g/mol. The van der Waals surface area contributed by atoms with Crippen molar-refractivity contribution in [2.24, 2.45) is 0 Å². The molecule has 1 aromatic heterocycles. The van der Waals surface area contributed by atoms with Crippen LogP contribution in [-0.4, -0.2) is 56.1 Å². The molecule has 1 N–H and O–H groups in total. The molecular weight excluding hydrogens is 453 g/mol. The summed E-state index contributed by atoms with van der Waals surface area (Å²) >= 11 is 1.22. The fraction of sp³-hybridized carbons (Fsp3) is 0.308. The van der Waals surface area contributed by atoms with Crippen LogP contribution in [0, 0.1) is 12.7 Å². The third-order valence-electron chi connectivity index (χ3n) is 5.79. The van der Waals surface area contributed by atoms with Crippen molar-refractivity contribution in [3.8, 4) is 10.4 Å². The lowest BCUT2D eigenvalue weighted by Gasteiger charge is -2.36. The van der Waals surface area contributed by atoms with Gasteiger partial charge in [0.15, 0.2) is 0 Å². The van der Waals surface area contributed by atoms with E-state index in [0.717, 1.165) is 36.6 Å². The maximum Gasteiger partial charge on any atom is 0.350 e. The highest BCUT2D eigenvalue weighted by Gasteiger charge is 2.23. The number of para-hydroxylation sites is 1. The number of amides is 1. The first-order valence-corrected chi connectivity index (χ1v) is 12.2. The summed E-state index contributed by atoms with van der Waals surface area (Å²) in [6, 6.07) is 16.1. The third kappa shape index (κ3) is 5.63. The second-order valence-corrected chi connectivity index (χ2v) is 9.23. The lowest BCUT2D eigenvalue weighted by molar-refractivity contribution is -0.117. The normalized spacial score (nSPS) is 14.1. The molecule has 0 unspecified atom stereocenters. The molecule has 2 aromatic carbocycles. The quantitative estimate of drug-likeness (QED) is 0.491. The van der Waals surface area contributed by atoms with Gasteiger partial charge >= 0.3 is 5.97 Å². The molecule has 178 valence electrons. The molecule has 1 fully saturated rings. The molecule has 8 heteroatoms. The molecule has 0 atom stereocenters. The summed E-state index contributed by atoms with van der Waals surface area (Å²) in [5, 5.41) is 2.89. The summed E-state index contributed by atoms with van der Waals surface area (Å²) in [5.41, 5.74) is 3.67. The molecule has 0 aliphatic carbocycles. The van der Waals surface area contributed by atoms with Gasteiger partial charge in [-0.2, -0.15) is 0 Å². The number of rotatable bonds is 7. The molecule has 1 aliphatic rings. The number of carbonyl (C=O) groups excluding carboxylic acids is 2. The van der Waals surface area contributed by atoms with Gasteiger partial charge in [0.2, 0.25) is 5.91 Å². The number of aryl methyl sites for hydroxylation is 1. The fourth-order valence-corrected chi connectivity index (χ4v) is 5.06. The zero-order valence-electron chi connectivity index (χ0n) is 19.3. The van der Waals surface area contributed by atoms with Gasteiger partial charge in [0, 0.05) is 36.7 Å². The van der Waals surface area contributed by atoms with Crippen molar-refractivity contribution in [1.29, 1.82) is 0 Å². The van der Waals surface area contributed by atoms with Crippen molar-refractivity contribution in [3.63, 3.8) is 0 Å². The van der Waals surface area contributed by atoms with Gasteiger partial charge in [0.1, 0.15) is 10.7 Å². The summed E-state index contributed by atoms with van der Waals surface area (Å²) in [5.74, 6) is -0.997. The maximum absolute atomic E-state index is 13.3. The van der Waals surface area contributed by atoms with Crippen LogP contribution in [-0.2, 0) is 9.53 Å². The minimum Gasteiger partial charge on any atom is -0.462 e. The Hall–Kier alpha value is -3.23. The Bertz CT molecular complexity index is 1150. The molecule has 2 heterocycles. The van der Waals surface area contributed by atoms with Crippen LogP contribution in [0.25, 0.3) is 10.4 Å². The summed E-state index contributed by atoms with van der Waals surface area (Å²) < 4.78 is 18.5. The zero-order chi connectivity index (χ0) is 24.1.